The fourth-order valence-electron chi connectivity index (χ4n) is 1.59. The van der Waals surface area contributed by atoms with Gasteiger partial charge in [0.15, 0.2) is 9.84 Å². The summed E-state index contributed by atoms with van der Waals surface area (Å²) in [5, 5.41) is 2.73. The summed E-state index contributed by atoms with van der Waals surface area (Å²) < 4.78 is 23.1. The standard InChI is InChI=1S/C13H25NO3S/c1-4-6-8-9-12(3)14-13(15)11-18(16,17)10-7-5-2/h5,7,12H,4,6,8-11H2,1-3H3,(H,14,15). The number of carbonyl (C=O) groups excluding carboxylic acids is 1. The minimum absolute atomic E-state index is 0.0426. The van der Waals surface area contributed by atoms with Gasteiger partial charge in [-0.3, -0.25) is 4.79 Å². The molecule has 0 bridgehead atoms. The largest absolute Gasteiger partial charge is 0.353 e. The third kappa shape index (κ3) is 9.22. The molecule has 0 aromatic rings. The molecule has 0 aromatic carbocycles. The fraction of sp³-hybridized carbons (Fsp3) is 0.769. The molecule has 1 unspecified atom stereocenters. The van der Waals surface area contributed by atoms with Crippen molar-refractivity contribution in [3.8, 4) is 0 Å². The zero-order chi connectivity index (χ0) is 14.0. The van der Waals surface area contributed by atoms with Gasteiger partial charge < -0.3 is 5.32 Å². The van der Waals surface area contributed by atoms with Crippen LogP contribution in [0.3, 0.4) is 0 Å². The quantitative estimate of drug-likeness (QED) is 0.517. The molecular formula is C13H25NO3S. The first-order valence-corrected chi connectivity index (χ1v) is 8.34. The Morgan fingerprint density at radius 1 is 1.33 bits per heavy atom. The van der Waals surface area contributed by atoms with E-state index in [1.807, 2.05) is 6.92 Å². The van der Waals surface area contributed by atoms with Crippen molar-refractivity contribution in [3.05, 3.63) is 12.2 Å². The number of rotatable bonds is 9. The molecule has 18 heavy (non-hydrogen) atoms. The summed E-state index contributed by atoms with van der Waals surface area (Å²) in [6, 6.07) is 0.0426. The van der Waals surface area contributed by atoms with Gasteiger partial charge in [-0.2, -0.15) is 0 Å². The number of sulfone groups is 1. The molecule has 0 aliphatic carbocycles. The lowest BCUT2D eigenvalue weighted by Crippen LogP contribution is -2.37. The zero-order valence-corrected chi connectivity index (χ0v) is 12.4. The molecule has 5 heteroatoms. The average molecular weight is 275 g/mol. The SMILES string of the molecule is CC=CCS(=O)(=O)CC(=O)NC(C)CCCCC. The zero-order valence-electron chi connectivity index (χ0n) is 11.6. The van der Waals surface area contributed by atoms with E-state index in [0.717, 1.165) is 25.7 Å². The lowest BCUT2D eigenvalue weighted by Gasteiger charge is -2.13. The third-order valence-corrected chi connectivity index (χ3v) is 3.99. The highest BCUT2D eigenvalue weighted by atomic mass is 32.2. The van der Waals surface area contributed by atoms with Gasteiger partial charge in [0.2, 0.25) is 5.91 Å². The summed E-state index contributed by atoms with van der Waals surface area (Å²) in [5.74, 6) is -0.889. The predicted molar refractivity (Wildman–Crippen MR) is 75.2 cm³/mol. The second-order valence-electron chi connectivity index (χ2n) is 4.59. The third-order valence-electron chi connectivity index (χ3n) is 2.58. The highest BCUT2D eigenvalue weighted by molar-refractivity contribution is 7.92. The summed E-state index contributed by atoms with van der Waals surface area (Å²) in [4.78, 5) is 11.6. The molecule has 0 aliphatic rings. The molecule has 0 heterocycles. The molecule has 0 rings (SSSR count). The van der Waals surface area contributed by atoms with E-state index in [2.05, 4.69) is 12.2 Å². The second-order valence-corrected chi connectivity index (χ2v) is 6.70. The minimum Gasteiger partial charge on any atom is -0.353 e. The van der Waals surface area contributed by atoms with Gasteiger partial charge in [-0.15, -0.1) is 0 Å². The van der Waals surface area contributed by atoms with Gasteiger partial charge in [0.25, 0.3) is 0 Å². The lowest BCUT2D eigenvalue weighted by atomic mass is 10.1. The normalized spacial score (nSPS) is 13.7. The smallest absolute Gasteiger partial charge is 0.235 e. The highest BCUT2D eigenvalue weighted by Gasteiger charge is 2.16. The van der Waals surface area contributed by atoms with E-state index >= 15 is 0 Å². The summed E-state index contributed by atoms with van der Waals surface area (Å²) in [7, 11) is -3.31. The van der Waals surface area contributed by atoms with Gasteiger partial charge in [0.1, 0.15) is 5.75 Å². The van der Waals surface area contributed by atoms with Crippen LogP contribution < -0.4 is 5.32 Å². The average Bonchev–Trinajstić information content (AvgIpc) is 2.25. The van der Waals surface area contributed by atoms with Gasteiger partial charge in [0.05, 0.1) is 5.75 Å². The monoisotopic (exact) mass is 275 g/mol. The van der Waals surface area contributed by atoms with Crippen LogP contribution in [0, 0.1) is 0 Å². The predicted octanol–water partition coefficient (Wildman–Crippen LogP) is 2.06. The lowest BCUT2D eigenvalue weighted by molar-refractivity contribution is -0.119. The van der Waals surface area contributed by atoms with Crippen LogP contribution in [-0.4, -0.2) is 31.9 Å². The van der Waals surface area contributed by atoms with Crippen molar-refractivity contribution >= 4 is 15.7 Å². The number of amides is 1. The molecule has 4 nitrogen and oxygen atoms in total. The van der Waals surface area contributed by atoms with Gasteiger partial charge in [-0.1, -0.05) is 38.3 Å². The Kier molecular flexibility index (Phi) is 8.71. The Morgan fingerprint density at radius 3 is 2.56 bits per heavy atom. The van der Waals surface area contributed by atoms with Gasteiger partial charge in [0, 0.05) is 6.04 Å². The van der Waals surface area contributed by atoms with Crippen molar-refractivity contribution in [2.24, 2.45) is 0 Å². The molecular weight excluding hydrogens is 250 g/mol. The molecule has 0 saturated heterocycles. The van der Waals surface area contributed by atoms with Crippen molar-refractivity contribution in [3.63, 3.8) is 0 Å². The van der Waals surface area contributed by atoms with Crippen LogP contribution in [0.15, 0.2) is 12.2 Å². The van der Waals surface area contributed by atoms with E-state index < -0.39 is 21.5 Å². The van der Waals surface area contributed by atoms with E-state index in [-0.39, 0.29) is 11.8 Å². The summed E-state index contributed by atoms with van der Waals surface area (Å²) >= 11 is 0. The van der Waals surface area contributed by atoms with Crippen LogP contribution in [0.2, 0.25) is 0 Å². The minimum atomic E-state index is -3.31. The number of unbranched alkanes of at least 4 members (excludes halogenated alkanes) is 2. The molecule has 0 radical (unpaired) electrons. The molecule has 0 fully saturated rings. The van der Waals surface area contributed by atoms with E-state index in [4.69, 9.17) is 0 Å². The van der Waals surface area contributed by atoms with Crippen LogP contribution >= 0.6 is 0 Å². The molecule has 0 spiro atoms. The molecule has 0 aliphatic heterocycles. The maximum atomic E-state index is 11.6. The van der Waals surface area contributed by atoms with Crippen molar-refractivity contribution < 1.29 is 13.2 Å². The van der Waals surface area contributed by atoms with Crippen LogP contribution in [-0.2, 0) is 14.6 Å². The van der Waals surface area contributed by atoms with Gasteiger partial charge in [-0.25, -0.2) is 8.42 Å². The second kappa shape index (κ2) is 9.14. The molecule has 1 N–H and O–H groups in total. The molecule has 0 aromatic heterocycles. The van der Waals surface area contributed by atoms with E-state index in [0.29, 0.717) is 0 Å². The molecule has 1 amide bonds. The molecule has 1 atom stereocenters. The number of hydrogen-bond donors (Lipinski definition) is 1. The van der Waals surface area contributed by atoms with Crippen molar-refractivity contribution in [1.82, 2.24) is 5.32 Å². The Bertz CT molecular complexity index is 360. The van der Waals surface area contributed by atoms with Crippen LogP contribution in [0.4, 0.5) is 0 Å². The number of carbonyl (C=O) groups is 1. The summed E-state index contributed by atoms with van der Waals surface area (Å²) in [6.45, 7) is 5.79. The summed E-state index contributed by atoms with van der Waals surface area (Å²) in [6.07, 6.45) is 7.45. The van der Waals surface area contributed by atoms with Gasteiger partial charge >= 0.3 is 0 Å². The first kappa shape index (κ1) is 17.2. The number of nitrogens with one attached hydrogen (secondary N) is 1. The molecule has 0 saturated carbocycles. The Morgan fingerprint density at radius 2 is 2.00 bits per heavy atom. The topological polar surface area (TPSA) is 63.2 Å². The van der Waals surface area contributed by atoms with Crippen molar-refractivity contribution in [2.45, 2.75) is 52.5 Å². The van der Waals surface area contributed by atoms with E-state index in [1.165, 1.54) is 0 Å². The Labute approximate surface area is 111 Å². The van der Waals surface area contributed by atoms with Crippen molar-refractivity contribution in [2.75, 3.05) is 11.5 Å². The number of hydrogen-bond acceptors (Lipinski definition) is 3. The van der Waals surface area contributed by atoms with Gasteiger partial charge in [-0.05, 0) is 20.3 Å². The van der Waals surface area contributed by atoms with E-state index in [9.17, 15) is 13.2 Å². The highest BCUT2D eigenvalue weighted by Crippen LogP contribution is 2.03. The number of allylic oxidation sites excluding steroid dienone is 1. The van der Waals surface area contributed by atoms with Crippen LogP contribution in [0.1, 0.15) is 46.5 Å². The van der Waals surface area contributed by atoms with Crippen molar-refractivity contribution in [1.29, 1.82) is 0 Å². The maximum absolute atomic E-state index is 11.6. The van der Waals surface area contributed by atoms with E-state index in [1.54, 1.807) is 19.1 Å². The van der Waals surface area contributed by atoms with Crippen LogP contribution in [0.5, 0.6) is 0 Å². The first-order chi connectivity index (χ1) is 8.41. The summed E-state index contributed by atoms with van der Waals surface area (Å²) in [5.41, 5.74) is 0. The Balaban J connectivity index is 4.02. The fourth-order valence-corrected chi connectivity index (χ4v) is 2.68. The first-order valence-electron chi connectivity index (χ1n) is 6.52. The molecule has 106 valence electrons. The maximum Gasteiger partial charge on any atom is 0.235 e. The van der Waals surface area contributed by atoms with Crippen LogP contribution in [0.25, 0.3) is 0 Å². The Hall–Kier alpha value is -0.840.